The average molecular weight is 1610 g/mol. The number of hydrogen-bond donors (Lipinski definition) is 0. The fourth-order valence-corrected chi connectivity index (χ4v) is 22.2. The number of hydrogen-bond acceptors (Lipinski definition) is 0. The fraction of sp³-hybridized carbons (Fsp3) is 0.517. The van der Waals surface area contributed by atoms with E-state index in [1.54, 1.807) is 0 Å². The second-order valence-electron chi connectivity index (χ2n) is 39.2. The maximum Gasteiger partial charge on any atom is -0.00149 e. The van der Waals surface area contributed by atoms with Crippen molar-refractivity contribution in [3.8, 4) is 0 Å². The molecule has 10 aromatic carbocycles. The molecule has 10 aromatic rings. The highest BCUT2D eigenvalue weighted by Gasteiger charge is 2.61. The molecule has 12 rings (SSSR count). The highest BCUT2D eigenvalue weighted by atomic mass is 14.7. The summed E-state index contributed by atoms with van der Waals surface area (Å²) in [6.07, 6.45) is 6.83. The molecule has 0 aromatic heterocycles. The fourth-order valence-electron chi connectivity index (χ4n) is 22.2. The van der Waals surface area contributed by atoms with Crippen molar-refractivity contribution in [2.24, 2.45) is 64.6 Å². The van der Waals surface area contributed by atoms with Crippen LogP contribution in [0.15, 0.2) is 91.0 Å². The van der Waals surface area contributed by atoms with Crippen LogP contribution in [0.1, 0.15) is 311 Å². The summed E-state index contributed by atoms with van der Waals surface area (Å²) in [6.45, 7) is 105. The van der Waals surface area contributed by atoms with Gasteiger partial charge in [0.05, 0.1) is 0 Å². The summed E-state index contributed by atoms with van der Waals surface area (Å²) in [5, 5.41) is 2.97. The third kappa shape index (κ3) is 20.8. The predicted molar refractivity (Wildman–Crippen MR) is 538 cm³/mol. The van der Waals surface area contributed by atoms with E-state index in [1.165, 1.54) is 258 Å². The van der Waals surface area contributed by atoms with Gasteiger partial charge in [0.15, 0.2) is 0 Å². The van der Waals surface area contributed by atoms with Gasteiger partial charge >= 0.3 is 0 Å². The van der Waals surface area contributed by atoms with Gasteiger partial charge in [-0.3, -0.25) is 0 Å². The Morgan fingerprint density at radius 1 is 0.183 bits per heavy atom. The topological polar surface area (TPSA) is 0 Å². The molecule has 652 valence electrons. The molecule has 2 aliphatic rings. The third-order valence-corrected chi connectivity index (χ3v) is 35.3. The minimum atomic E-state index is 0.538. The highest BCUT2D eigenvalue weighted by molar-refractivity contribution is 5.97. The maximum absolute atomic E-state index is 2.59. The zero-order valence-corrected chi connectivity index (χ0v) is 85.7. The predicted octanol–water partition coefficient (Wildman–Crippen LogP) is 34.0. The second kappa shape index (κ2) is 42.7. The highest BCUT2D eigenvalue weighted by Crippen LogP contribution is 2.66. The zero-order chi connectivity index (χ0) is 90.9. The van der Waals surface area contributed by atoms with Gasteiger partial charge in [-0.25, -0.2) is 0 Å². The van der Waals surface area contributed by atoms with Crippen LogP contribution in [-0.4, -0.2) is 0 Å². The van der Waals surface area contributed by atoms with Crippen molar-refractivity contribution >= 4 is 10.8 Å². The van der Waals surface area contributed by atoms with Gasteiger partial charge in [0.25, 0.3) is 0 Å². The number of aryl methyl sites for hydroxylation is 7. The maximum atomic E-state index is 2.59. The molecule has 0 bridgehead atoms. The van der Waals surface area contributed by atoms with Gasteiger partial charge in [-0.1, -0.05) is 167 Å². The lowest BCUT2D eigenvalue weighted by atomic mass is 9.38. The molecule has 2 fully saturated rings. The van der Waals surface area contributed by atoms with Crippen LogP contribution < -0.4 is 0 Å². The first-order valence-electron chi connectivity index (χ1n) is 46.8. The lowest BCUT2D eigenvalue weighted by molar-refractivity contribution is -0.191. The molecule has 8 unspecified atom stereocenters. The summed E-state index contributed by atoms with van der Waals surface area (Å²) in [6, 6.07) is 31.8. The Morgan fingerprint density at radius 2 is 0.333 bits per heavy atom. The largest absolute Gasteiger partial charge is 0.0622 e. The van der Waals surface area contributed by atoms with Crippen molar-refractivity contribution in [1.82, 2.24) is 0 Å². The zero-order valence-electron chi connectivity index (χ0n) is 85.7. The standard InChI is InChI=1S/2C23H32.C21H40.C18H24.C15H16.C12H18.C8H10/c2*1-12-14(3)18(7)22(19(8)15(12)4)11-23-20(9)16(5)13(2)17(6)21(23)10;1-11-13(3)17(7)21(18(8)14(11)4)19(9)15(5)12(2)16(6)20(21)10;1-9-10(2)14(6)18-16(8)12(4)11(3)15(7)17(18)13(9)5;1-3-8-14(9-4-1)12-7-13-15-10-5-2-6-11-15;1-7-8(2)10(4)12(6)11(5)9(7)3;1-2-8-6-4-3-5-7-8/h2*11H2,1-10H3;11-20H,1-10H3;1-8H3;1-6,8-11H,7,12-13H2;1-6H3;3-7H,2H2,1H3. The summed E-state index contributed by atoms with van der Waals surface area (Å²) in [5.74, 6) is 8.55. The van der Waals surface area contributed by atoms with Crippen molar-refractivity contribution in [1.29, 1.82) is 0 Å². The van der Waals surface area contributed by atoms with Crippen LogP contribution in [0.3, 0.4) is 0 Å². The van der Waals surface area contributed by atoms with Gasteiger partial charge in [0.2, 0.25) is 0 Å². The van der Waals surface area contributed by atoms with Gasteiger partial charge < -0.3 is 0 Å². The van der Waals surface area contributed by atoms with Gasteiger partial charge in [-0.2, -0.15) is 0 Å². The smallest absolute Gasteiger partial charge is 0.00149 e. The molecule has 0 aliphatic heterocycles. The van der Waals surface area contributed by atoms with Crippen molar-refractivity contribution in [2.75, 3.05) is 0 Å². The molecule has 0 amide bonds. The van der Waals surface area contributed by atoms with E-state index in [0.717, 1.165) is 78.4 Å². The first kappa shape index (κ1) is 101. The minimum Gasteiger partial charge on any atom is -0.0622 e. The Balaban J connectivity index is 0.000000221. The second-order valence-corrected chi connectivity index (χ2v) is 39.2. The van der Waals surface area contributed by atoms with Crippen LogP contribution in [-0.2, 0) is 32.1 Å². The molecule has 2 saturated carbocycles. The Labute approximate surface area is 739 Å². The van der Waals surface area contributed by atoms with E-state index in [-0.39, 0.29) is 0 Å². The molecule has 0 N–H and O–H groups in total. The lowest BCUT2D eigenvalue weighted by Crippen LogP contribution is -2.62. The van der Waals surface area contributed by atoms with Crippen molar-refractivity contribution in [3.63, 3.8) is 0 Å². The monoisotopic (exact) mass is 1610 g/mol. The molecule has 120 heavy (non-hydrogen) atoms. The molecule has 0 heterocycles. The van der Waals surface area contributed by atoms with Crippen LogP contribution in [0.4, 0.5) is 0 Å². The van der Waals surface area contributed by atoms with Crippen molar-refractivity contribution in [3.05, 3.63) is 319 Å². The normalized spacial score (nSPS) is 19.8. The summed E-state index contributed by atoms with van der Waals surface area (Å²) in [5.41, 5.74) is 60.5. The quantitative estimate of drug-likeness (QED) is 0.135. The van der Waals surface area contributed by atoms with Crippen LogP contribution in [0.25, 0.3) is 10.8 Å². The SMILES string of the molecule is CC1C(C)C(C)C2(C(C)C1C)C(C)C(C)C(C)C(C)C2C.CCc1ccccc1.Cc1c(C)c(C)c(C)c(C)c1C.Cc1c(C)c(C)c(Cc2c(C)c(C)c(C)c(C)c2C)c(C)c1C.Cc1c(C)c(C)c(Cc2c(C)c(C)c(C)c(C)c2C)c(C)c1C.Cc1c(C)c(C)c2c(C)c(C)c(C)c(C)c2c1C.c1ccc(CCCc2ccccc2)cc1. The van der Waals surface area contributed by atoms with Gasteiger partial charge in [-0.05, 0) is 577 Å². The first-order chi connectivity index (χ1) is 55.9. The molecular weight excluding hydrogens is 1440 g/mol. The molecule has 2 aliphatic carbocycles. The molecule has 0 radical (unpaired) electrons. The van der Waals surface area contributed by atoms with Crippen LogP contribution in [0, 0.1) is 300 Å². The van der Waals surface area contributed by atoms with E-state index in [9.17, 15) is 0 Å². The number of benzene rings is 10. The van der Waals surface area contributed by atoms with Crippen molar-refractivity contribution < 1.29 is 0 Å². The summed E-state index contributed by atoms with van der Waals surface area (Å²) >= 11 is 0. The third-order valence-electron chi connectivity index (χ3n) is 35.3. The van der Waals surface area contributed by atoms with E-state index in [2.05, 4.69) is 396 Å². The van der Waals surface area contributed by atoms with E-state index in [0.29, 0.717) is 5.41 Å². The van der Waals surface area contributed by atoms with E-state index in [4.69, 9.17) is 0 Å². The summed E-state index contributed by atoms with van der Waals surface area (Å²) in [4.78, 5) is 0. The Bertz CT molecular complexity index is 4490. The molecule has 8 atom stereocenters. The Hall–Kier alpha value is -7.54. The van der Waals surface area contributed by atoms with E-state index >= 15 is 0 Å². The molecular formula is C120H172. The Morgan fingerprint density at radius 3 is 0.492 bits per heavy atom. The molecule has 0 heteroatoms. The molecule has 1 spiro atoms. The molecule has 0 saturated heterocycles. The number of fused-ring (bicyclic) bond motifs is 1. The van der Waals surface area contributed by atoms with Gasteiger partial charge in [0.1, 0.15) is 0 Å². The first-order valence-corrected chi connectivity index (χ1v) is 46.8. The summed E-state index contributed by atoms with van der Waals surface area (Å²) < 4.78 is 0. The van der Waals surface area contributed by atoms with E-state index in [1.807, 2.05) is 6.07 Å². The number of rotatable bonds is 9. The van der Waals surface area contributed by atoms with Gasteiger partial charge in [-0.15, -0.1) is 0 Å². The summed E-state index contributed by atoms with van der Waals surface area (Å²) in [7, 11) is 0. The van der Waals surface area contributed by atoms with Crippen LogP contribution in [0.2, 0.25) is 0 Å². The van der Waals surface area contributed by atoms with Crippen molar-refractivity contribution in [2.45, 2.75) is 350 Å². The lowest BCUT2D eigenvalue weighted by Gasteiger charge is -2.67. The van der Waals surface area contributed by atoms with Crippen LogP contribution in [0.5, 0.6) is 0 Å². The average Bonchev–Trinajstić information content (AvgIpc) is 0.700. The van der Waals surface area contributed by atoms with Gasteiger partial charge in [0, 0.05) is 0 Å². The van der Waals surface area contributed by atoms with E-state index < -0.39 is 0 Å². The molecule has 0 nitrogen and oxygen atoms in total. The minimum absolute atomic E-state index is 0.538. The van der Waals surface area contributed by atoms with Crippen LogP contribution >= 0.6 is 0 Å². The Kier molecular flexibility index (Phi) is 36.0.